The van der Waals surface area contributed by atoms with Gasteiger partial charge in [0.2, 0.25) is 0 Å². The van der Waals surface area contributed by atoms with Crippen LogP contribution in [0.4, 0.5) is 0 Å². The Kier molecular flexibility index (Phi) is 5.36. The third-order valence-corrected chi connectivity index (χ3v) is 2.99. The van der Waals surface area contributed by atoms with Crippen LogP contribution in [0.15, 0.2) is 12.5 Å². The summed E-state index contributed by atoms with van der Waals surface area (Å²) < 4.78 is 2.11. The number of aromatic nitrogens is 2. The molecule has 4 heteroatoms. The van der Waals surface area contributed by atoms with Gasteiger partial charge in [0.25, 0.3) is 0 Å². The average molecular weight is 248 g/mol. The van der Waals surface area contributed by atoms with Crippen LogP contribution in [0.3, 0.4) is 0 Å². The molecule has 0 bridgehead atoms. The molecule has 0 radical (unpaired) electrons. The first kappa shape index (κ1) is 14.7. The van der Waals surface area contributed by atoms with Gasteiger partial charge in [-0.25, -0.2) is 4.98 Å². The van der Waals surface area contributed by atoms with Gasteiger partial charge in [0.15, 0.2) is 0 Å². The Morgan fingerprint density at radius 2 is 2.22 bits per heavy atom. The van der Waals surface area contributed by atoms with Crippen molar-refractivity contribution in [3.05, 3.63) is 18.2 Å². The second kappa shape index (κ2) is 6.55. The summed E-state index contributed by atoms with van der Waals surface area (Å²) in [6, 6.07) is 2.49. The van der Waals surface area contributed by atoms with Crippen LogP contribution < -0.4 is 5.73 Å². The number of nitrogens with two attached hydrogens (primary N) is 1. The highest BCUT2D eigenvalue weighted by molar-refractivity contribution is 4.98. The predicted octanol–water partition coefficient (Wildman–Crippen LogP) is 2.49. The lowest BCUT2D eigenvalue weighted by Crippen LogP contribution is -2.17. The fraction of sp³-hybridized carbons (Fsp3) is 0.714. The zero-order valence-corrected chi connectivity index (χ0v) is 11.7. The van der Waals surface area contributed by atoms with E-state index >= 15 is 0 Å². The van der Waals surface area contributed by atoms with Crippen molar-refractivity contribution < 1.29 is 0 Å². The van der Waals surface area contributed by atoms with Crippen LogP contribution in [-0.4, -0.2) is 15.6 Å². The van der Waals surface area contributed by atoms with Gasteiger partial charge in [0.1, 0.15) is 0 Å². The standard InChI is InChI=1S/C14H24N4/c1-12(16)8-13-9-18(11-17-13)7-5-4-6-14(2,3)10-15/h9,11-12H,4-8,16H2,1-3H3. The molecule has 100 valence electrons. The van der Waals surface area contributed by atoms with E-state index in [0.29, 0.717) is 0 Å². The van der Waals surface area contributed by atoms with Crippen LogP contribution in [0.5, 0.6) is 0 Å². The van der Waals surface area contributed by atoms with Gasteiger partial charge >= 0.3 is 0 Å². The fourth-order valence-electron chi connectivity index (χ4n) is 1.88. The van der Waals surface area contributed by atoms with Crippen molar-refractivity contribution in [1.29, 1.82) is 5.26 Å². The minimum absolute atomic E-state index is 0.157. The maximum Gasteiger partial charge on any atom is 0.0949 e. The topological polar surface area (TPSA) is 67.6 Å². The van der Waals surface area contributed by atoms with Gasteiger partial charge in [-0.3, -0.25) is 0 Å². The molecular weight excluding hydrogens is 224 g/mol. The lowest BCUT2D eigenvalue weighted by atomic mass is 9.89. The first-order chi connectivity index (χ1) is 8.43. The Morgan fingerprint density at radius 1 is 1.50 bits per heavy atom. The van der Waals surface area contributed by atoms with Crippen LogP contribution in [0.25, 0.3) is 0 Å². The van der Waals surface area contributed by atoms with Gasteiger partial charge in [0.05, 0.1) is 23.5 Å². The molecule has 0 aliphatic rings. The van der Waals surface area contributed by atoms with E-state index in [4.69, 9.17) is 11.0 Å². The molecule has 0 saturated heterocycles. The van der Waals surface area contributed by atoms with Crippen molar-refractivity contribution in [1.82, 2.24) is 9.55 Å². The number of nitriles is 1. The Balaban J connectivity index is 2.28. The Labute approximate surface area is 110 Å². The summed E-state index contributed by atoms with van der Waals surface area (Å²) >= 11 is 0. The molecule has 1 unspecified atom stereocenters. The van der Waals surface area contributed by atoms with Crippen molar-refractivity contribution in [2.45, 2.75) is 59.0 Å². The Bertz CT molecular complexity index is 398. The van der Waals surface area contributed by atoms with Crippen molar-refractivity contribution in [3.8, 4) is 6.07 Å². The SMILES string of the molecule is CC(N)Cc1cn(CCCCC(C)(C)C#N)cn1. The number of nitrogens with zero attached hydrogens (tertiary/aromatic N) is 3. The van der Waals surface area contributed by atoms with E-state index in [9.17, 15) is 0 Å². The minimum Gasteiger partial charge on any atom is -0.337 e. The van der Waals surface area contributed by atoms with Crippen LogP contribution >= 0.6 is 0 Å². The molecule has 1 atom stereocenters. The maximum absolute atomic E-state index is 8.92. The summed E-state index contributed by atoms with van der Waals surface area (Å²) in [6.07, 6.45) is 7.87. The summed E-state index contributed by atoms with van der Waals surface area (Å²) in [4.78, 5) is 4.33. The molecule has 0 fully saturated rings. The molecule has 0 aliphatic heterocycles. The number of aryl methyl sites for hydroxylation is 1. The molecule has 0 amide bonds. The van der Waals surface area contributed by atoms with E-state index in [1.807, 2.05) is 27.1 Å². The molecule has 0 aliphatic carbocycles. The number of rotatable bonds is 7. The van der Waals surface area contributed by atoms with Gasteiger partial charge < -0.3 is 10.3 Å². The molecule has 1 aromatic heterocycles. The molecule has 0 spiro atoms. The molecule has 1 rings (SSSR count). The smallest absolute Gasteiger partial charge is 0.0949 e. The number of imidazole rings is 1. The highest BCUT2D eigenvalue weighted by Crippen LogP contribution is 2.21. The average Bonchev–Trinajstić information content (AvgIpc) is 2.71. The highest BCUT2D eigenvalue weighted by Gasteiger charge is 2.15. The van der Waals surface area contributed by atoms with E-state index in [1.54, 1.807) is 0 Å². The third kappa shape index (κ3) is 5.33. The van der Waals surface area contributed by atoms with Gasteiger partial charge in [0, 0.05) is 25.2 Å². The number of unbranched alkanes of at least 4 members (excludes halogenated alkanes) is 1. The van der Waals surface area contributed by atoms with Gasteiger partial charge in [-0.2, -0.15) is 5.26 Å². The monoisotopic (exact) mass is 248 g/mol. The van der Waals surface area contributed by atoms with Crippen LogP contribution in [0, 0.1) is 16.7 Å². The normalized spacial score (nSPS) is 13.3. The van der Waals surface area contributed by atoms with Gasteiger partial charge in [-0.15, -0.1) is 0 Å². The van der Waals surface area contributed by atoms with Crippen molar-refractivity contribution in [3.63, 3.8) is 0 Å². The highest BCUT2D eigenvalue weighted by atomic mass is 15.0. The first-order valence-electron chi connectivity index (χ1n) is 6.60. The molecule has 0 saturated carbocycles. The first-order valence-corrected chi connectivity index (χ1v) is 6.60. The summed E-state index contributed by atoms with van der Waals surface area (Å²) in [7, 11) is 0. The lowest BCUT2D eigenvalue weighted by molar-refractivity contribution is 0.417. The second-order valence-corrected chi connectivity index (χ2v) is 5.74. The van der Waals surface area contributed by atoms with Crippen LogP contribution in [0.1, 0.15) is 45.7 Å². The van der Waals surface area contributed by atoms with E-state index < -0.39 is 0 Å². The van der Waals surface area contributed by atoms with Crippen LogP contribution in [-0.2, 0) is 13.0 Å². The lowest BCUT2D eigenvalue weighted by Gasteiger charge is -2.14. The zero-order valence-electron chi connectivity index (χ0n) is 11.7. The van der Waals surface area contributed by atoms with E-state index in [1.165, 1.54) is 0 Å². The van der Waals surface area contributed by atoms with E-state index in [2.05, 4.69) is 21.8 Å². The minimum atomic E-state index is -0.199. The third-order valence-electron chi connectivity index (χ3n) is 2.99. The van der Waals surface area contributed by atoms with Crippen molar-refractivity contribution in [2.24, 2.45) is 11.1 Å². The Hall–Kier alpha value is -1.34. The van der Waals surface area contributed by atoms with Gasteiger partial charge in [-0.05, 0) is 33.6 Å². The second-order valence-electron chi connectivity index (χ2n) is 5.74. The molecule has 2 N–H and O–H groups in total. The van der Waals surface area contributed by atoms with Crippen molar-refractivity contribution in [2.75, 3.05) is 0 Å². The molecule has 0 aromatic carbocycles. The summed E-state index contributed by atoms with van der Waals surface area (Å²) in [5, 5.41) is 8.92. The van der Waals surface area contributed by atoms with Gasteiger partial charge in [-0.1, -0.05) is 6.42 Å². The molecule has 1 aromatic rings. The number of hydrogen-bond donors (Lipinski definition) is 1. The van der Waals surface area contributed by atoms with E-state index in [0.717, 1.165) is 37.9 Å². The van der Waals surface area contributed by atoms with E-state index in [-0.39, 0.29) is 11.5 Å². The fourth-order valence-corrected chi connectivity index (χ4v) is 1.88. The maximum atomic E-state index is 8.92. The summed E-state index contributed by atoms with van der Waals surface area (Å²) in [5.41, 5.74) is 6.60. The molecule has 4 nitrogen and oxygen atoms in total. The Morgan fingerprint density at radius 3 is 2.83 bits per heavy atom. The van der Waals surface area contributed by atoms with Crippen molar-refractivity contribution >= 4 is 0 Å². The molecule has 18 heavy (non-hydrogen) atoms. The summed E-state index contributed by atoms with van der Waals surface area (Å²) in [5.74, 6) is 0. The number of hydrogen-bond acceptors (Lipinski definition) is 3. The molecular formula is C14H24N4. The largest absolute Gasteiger partial charge is 0.337 e. The summed E-state index contributed by atoms with van der Waals surface area (Å²) in [6.45, 7) is 6.94. The predicted molar refractivity (Wildman–Crippen MR) is 72.8 cm³/mol. The molecule has 1 heterocycles. The zero-order chi connectivity index (χ0) is 13.6. The quantitative estimate of drug-likeness (QED) is 0.754. The van der Waals surface area contributed by atoms with Crippen LogP contribution in [0.2, 0.25) is 0 Å².